The highest BCUT2D eigenvalue weighted by Gasteiger charge is 2.30. The van der Waals surface area contributed by atoms with E-state index in [9.17, 15) is 14.0 Å². The number of halogens is 1. The molecular weight excluding hydrogens is 744 g/mol. The highest BCUT2D eigenvalue weighted by atomic mass is 32.1. The Morgan fingerprint density at radius 2 is 1.72 bits per heavy atom. The van der Waals surface area contributed by atoms with Gasteiger partial charge in [-0.3, -0.25) is 9.88 Å². The van der Waals surface area contributed by atoms with Crippen LogP contribution in [-0.4, -0.2) is 71.2 Å². The molecule has 3 aromatic heterocycles. The first-order valence-electron chi connectivity index (χ1n) is 18.9. The Balaban J connectivity index is 1.57. The number of aromatic nitrogens is 2. The van der Waals surface area contributed by atoms with Crippen LogP contribution in [0.15, 0.2) is 91.5 Å². The first-order chi connectivity index (χ1) is 27.2. The van der Waals surface area contributed by atoms with Crippen LogP contribution < -0.4 is 9.64 Å². The van der Waals surface area contributed by atoms with Gasteiger partial charge in [-0.15, -0.1) is 24.5 Å². The van der Waals surface area contributed by atoms with Crippen molar-refractivity contribution < 1.29 is 32.9 Å². The minimum absolute atomic E-state index is 0.177. The lowest BCUT2D eigenvalue weighted by Gasteiger charge is -2.31. The van der Waals surface area contributed by atoms with E-state index in [1.54, 1.807) is 34.2 Å². The second-order valence-corrected chi connectivity index (χ2v) is 16.5. The molecule has 6 rings (SSSR count). The fourth-order valence-corrected chi connectivity index (χ4v) is 7.51. The van der Waals surface area contributed by atoms with Crippen molar-refractivity contribution in [1.29, 1.82) is 0 Å². The minimum Gasteiger partial charge on any atom is -0.490 e. The molecule has 5 aromatic rings. The molecule has 4 heterocycles. The Morgan fingerprint density at radius 1 is 0.947 bits per heavy atom. The zero-order valence-electron chi connectivity index (χ0n) is 33.4. The van der Waals surface area contributed by atoms with Crippen molar-refractivity contribution in [2.75, 3.05) is 37.8 Å². The molecule has 298 valence electrons. The lowest BCUT2D eigenvalue weighted by molar-refractivity contribution is 0.0222. The van der Waals surface area contributed by atoms with Crippen molar-refractivity contribution in [2.24, 2.45) is 0 Å². The molecule has 0 radical (unpaired) electrons. The first-order valence-corrected chi connectivity index (χ1v) is 19.7. The van der Waals surface area contributed by atoms with E-state index in [0.29, 0.717) is 65.6 Å². The fourth-order valence-electron chi connectivity index (χ4n) is 6.55. The molecule has 1 aliphatic heterocycles. The average molecular weight is 793 g/mol. The highest BCUT2D eigenvalue weighted by molar-refractivity contribution is 7.18. The Morgan fingerprint density at radius 3 is 2.46 bits per heavy atom. The molecule has 0 saturated carbocycles. The number of nitrogens with zero attached hydrogens (tertiary/aromatic N) is 4. The standard InChI is InChI=1S/C45H49FN4O6S/c1-9-19-50(43(52)56-45(6,7)8)36-14-12-11-13-32(36)40-34-18-24-57-41(34)38(33-16-15-31(46)26-37(33)54-23-22-53-21-10-2)39(48-40)29-25-30-28-49(20-17-35(30)47-27-29)42(51)55-44(3,4)5/h9-16,18,24-27H,1-2,17,19-23,28H2,3-8H3. The third kappa shape index (κ3) is 9.69. The number of hydrogen-bond acceptors (Lipinski definition) is 9. The summed E-state index contributed by atoms with van der Waals surface area (Å²) in [6, 6.07) is 16.0. The SMILES string of the molecule is C=CCOCCOc1cc(F)ccc1-c1c(-c2cnc3c(c2)CN(C(=O)OC(C)(C)C)CC3)nc(-c2ccccc2N(CC=C)C(=O)OC(C)(C)C)c2ccsc12. The van der Waals surface area contributed by atoms with E-state index in [-0.39, 0.29) is 19.8 Å². The van der Waals surface area contributed by atoms with Gasteiger partial charge in [0.05, 0.1) is 36.8 Å². The highest BCUT2D eigenvalue weighted by Crippen LogP contribution is 2.47. The maximum Gasteiger partial charge on any atom is 0.415 e. The van der Waals surface area contributed by atoms with Crippen molar-refractivity contribution in [3.8, 4) is 39.4 Å². The van der Waals surface area contributed by atoms with E-state index in [1.807, 2.05) is 83.3 Å². The summed E-state index contributed by atoms with van der Waals surface area (Å²) < 4.78 is 39.1. The van der Waals surface area contributed by atoms with Crippen LogP contribution in [0.2, 0.25) is 0 Å². The van der Waals surface area contributed by atoms with E-state index in [4.69, 9.17) is 28.9 Å². The number of anilines is 1. The van der Waals surface area contributed by atoms with Gasteiger partial charge in [-0.1, -0.05) is 30.4 Å². The van der Waals surface area contributed by atoms with Crippen LogP contribution in [0, 0.1) is 5.82 Å². The number of rotatable bonds is 12. The quantitative estimate of drug-likeness (QED) is 0.0909. The van der Waals surface area contributed by atoms with Gasteiger partial charge >= 0.3 is 12.2 Å². The molecule has 0 N–H and O–H groups in total. The Hall–Kier alpha value is -5.59. The van der Waals surface area contributed by atoms with E-state index < -0.39 is 29.2 Å². The second kappa shape index (κ2) is 17.3. The van der Waals surface area contributed by atoms with Crippen molar-refractivity contribution in [2.45, 2.75) is 65.7 Å². The van der Waals surface area contributed by atoms with Crippen molar-refractivity contribution >= 4 is 39.3 Å². The van der Waals surface area contributed by atoms with Gasteiger partial charge in [0.15, 0.2) is 0 Å². The smallest absolute Gasteiger partial charge is 0.415 e. The largest absolute Gasteiger partial charge is 0.490 e. The molecule has 0 saturated heterocycles. The summed E-state index contributed by atoms with van der Waals surface area (Å²) in [5.41, 5.74) is 4.87. The van der Waals surface area contributed by atoms with E-state index in [1.165, 1.54) is 23.5 Å². The van der Waals surface area contributed by atoms with Crippen LogP contribution in [0.4, 0.5) is 19.7 Å². The third-order valence-electron chi connectivity index (χ3n) is 8.88. The maximum absolute atomic E-state index is 15.0. The van der Waals surface area contributed by atoms with Gasteiger partial charge < -0.3 is 23.8 Å². The Labute approximate surface area is 337 Å². The lowest BCUT2D eigenvalue weighted by Crippen LogP contribution is -2.40. The molecule has 0 atom stereocenters. The third-order valence-corrected chi connectivity index (χ3v) is 9.81. The summed E-state index contributed by atoms with van der Waals surface area (Å²) in [7, 11) is 0. The molecule has 0 unspecified atom stereocenters. The molecular formula is C45H49FN4O6S. The van der Waals surface area contributed by atoms with Gasteiger partial charge in [0, 0.05) is 69.8 Å². The molecule has 0 spiro atoms. The second-order valence-electron chi connectivity index (χ2n) is 15.6. The molecule has 2 aromatic carbocycles. The number of amides is 2. The van der Waals surface area contributed by atoms with Gasteiger partial charge in [0.2, 0.25) is 0 Å². The predicted octanol–water partition coefficient (Wildman–Crippen LogP) is 10.6. The average Bonchev–Trinajstić information content (AvgIpc) is 3.65. The van der Waals surface area contributed by atoms with Crippen molar-refractivity contribution in [3.63, 3.8) is 0 Å². The first kappa shape index (κ1) is 41.1. The normalized spacial score (nSPS) is 12.9. The van der Waals surface area contributed by atoms with Crippen LogP contribution in [-0.2, 0) is 27.2 Å². The Bertz CT molecular complexity index is 2290. The number of thiophene rings is 1. The van der Waals surface area contributed by atoms with Crippen molar-refractivity contribution in [1.82, 2.24) is 14.9 Å². The maximum atomic E-state index is 15.0. The van der Waals surface area contributed by atoms with Gasteiger partial charge in [-0.2, -0.15) is 0 Å². The zero-order valence-corrected chi connectivity index (χ0v) is 34.2. The molecule has 57 heavy (non-hydrogen) atoms. The number of carbonyl (C=O) groups excluding carboxylic acids is 2. The van der Waals surface area contributed by atoms with Crippen molar-refractivity contribution in [3.05, 3.63) is 109 Å². The summed E-state index contributed by atoms with van der Waals surface area (Å²) in [5, 5.41) is 2.80. The predicted molar refractivity (Wildman–Crippen MR) is 224 cm³/mol. The van der Waals surface area contributed by atoms with E-state index >= 15 is 0 Å². The van der Waals surface area contributed by atoms with Crippen LogP contribution >= 0.6 is 11.3 Å². The van der Waals surface area contributed by atoms with Gasteiger partial charge in [0.25, 0.3) is 0 Å². The molecule has 10 nitrogen and oxygen atoms in total. The summed E-state index contributed by atoms with van der Waals surface area (Å²) in [5.74, 6) is -0.127. The zero-order chi connectivity index (χ0) is 40.9. The van der Waals surface area contributed by atoms with Gasteiger partial charge in [0.1, 0.15) is 29.4 Å². The lowest BCUT2D eigenvalue weighted by atomic mass is 9.94. The molecule has 1 aliphatic rings. The van der Waals surface area contributed by atoms with Crippen LogP contribution in [0.25, 0.3) is 43.7 Å². The van der Waals surface area contributed by atoms with Gasteiger partial charge in [-0.25, -0.2) is 19.0 Å². The van der Waals surface area contributed by atoms with E-state index in [2.05, 4.69) is 13.2 Å². The summed E-state index contributed by atoms with van der Waals surface area (Å²) >= 11 is 1.51. The summed E-state index contributed by atoms with van der Waals surface area (Å²) in [6.45, 7) is 20.4. The number of para-hydroxylation sites is 1. The molecule has 0 fully saturated rings. The van der Waals surface area contributed by atoms with Crippen LogP contribution in [0.5, 0.6) is 5.75 Å². The number of carbonyl (C=O) groups is 2. The Kier molecular flexibility index (Phi) is 12.4. The topological polar surface area (TPSA) is 103 Å². The number of benzene rings is 2. The van der Waals surface area contributed by atoms with Crippen LogP contribution in [0.1, 0.15) is 52.8 Å². The van der Waals surface area contributed by atoms with E-state index in [0.717, 1.165) is 26.9 Å². The monoisotopic (exact) mass is 792 g/mol. The fraction of sp³-hybridized carbons (Fsp3) is 0.333. The summed E-state index contributed by atoms with van der Waals surface area (Å²) in [4.78, 5) is 40.4. The van der Waals surface area contributed by atoms with Crippen LogP contribution in [0.3, 0.4) is 0 Å². The molecule has 12 heteroatoms. The summed E-state index contributed by atoms with van der Waals surface area (Å²) in [6.07, 6.45) is 4.75. The van der Waals surface area contributed by atoms with Gasteiger partial charge in [-0.05, 0) is 82.8 Å². The molecule has 2 amide bonds. The number of hydrogen-bond donors (Lipinski definition) is 0. The molecule has 0 aliphatic carbocycles. The number of fused-ring (bicyclic) bond motifs is 2. The number of ether oxygens (including phenoxy) is 4. The number of pyridine rings is 2. The molecule has 0 bridgehead atoms. The minimum atomic E-state index is -0.732.